The van der Waals surface area contributed by atoms with Gasteiger partial charge in [-0.2, -0.15) is 0 Å². The second-order valence-corrected chi connectivity index (χ2v) is 4.68. The molecule has 1 saturated carbocycles. The second-order valence-electron chi connectivity index (χ2n) is 4.27. The van der Waals surface area contributed by atoms with E-state index in [1.54, 1.807) is 0 Å². The highest BCUT2D eigenvalue weighted by molar-refractivity contribution is 6.31. The predicted molar refractivity (Wildman–Crippen MR) is 65.5 cm³/mol. The largest absolute Gasteiger partial charge is 0.316 e. The van der Waals surface area contributed by atoms with Crippen molar-refractivity contribution in [3.8, 4) is 0 Å². The third kappa shape index (κ3) is 2.73. The SMILES string of the molecule is CCNCC(c1ccccc1Cl)C1CC1. The molecule has 82 valence electrons. The van der Waals surface area contributed by atoms with Crippen molar-refractivity contribution in [1.82, 2.24) is 5.32 Å². The van der Waals surface area contributed by atoms with Gasteiger partial charge in [0.25, 0.3) is 0 Å². The Morgan fingerprint density at radius 1 is 1.40 bits per heavy atom. The minimum absolute atomic E-state index is 0.610. The molecule has 0 bridgehead atoms. The van der Waals surface area contributed by atoms with E-state index in [1.807, 2.05) is 12.1 Å². The normalized spacial score (nSPS) is 17.7. The van der Waals surface area contributed by atoms with Gasteiger partial charge in [0.2, 0.25) is 0 Å². The van der Waals surface area contributed by atoms with Crippen LogP contribution >= 0.6 is 11.6 Å². The van der Waals surface area contributed by atoms with E-state index in [4.69, 9.17) is 11.6 Å². The van der Waals surface area contributed by atoms with Crippen LogP contribution in [0.4, 0.5) is 0 Å². The molecule has 1 N–H and O–H groups in total. The molecule has 1 fully saturated rings. The first-order valence-electron chi connectivity index (χ1n) is 5.78. The van der Waals surface area contributed by atoms with Crippen molar-refractivity contribution in [3.05, 3.63) is 34.9 Å². The first kappa shape index (κ1) is 11.0. The van der Waals surface area contributed by atoms with Gasteiger partial charge in [0, 0.05) is 17.5 Å². The third-order valence-electron chi connectivity index (χ3n) is 3.11. The van der Waals surface area contributed by atoms with Crippen molar-refractivity contribution in [1.29, 1.82) is 0 Å². The average molecular weight is 224 g/mol. The van der Waals surface area contributed by atoms with Gasteiger partial charge in [-0.05, 0) is 36.9 Å². The van der Waals surface area contributed by atoms with Gasteiger partial charge in [-0.25, -0.2) is 0 Å². The maximum atomic E-state index is 6.24. The van der Waals surface area contributed by atoms with Crippen LogP contribution in [0.15, 0.2) is 24.3 Å². The van der Waals surface area contributed by atoms with E-state index in [9.17, 15) is 0 Å². The standard InChI is InChI=1S/C13H18ClN/c1-2-15-9-12(10-7-8-10)11-5-3-4-6-13(11)14/h3-6,10,12,15H,2,7-9H2,1H3. The Morgan fingerprint density at radius 3 is 2.73 bits per heavy atom. The van der Waals surface area contributed by atoms with Crippen LogP contribution in [0.1, 0.15) is 31.2 Å². The predicted octanol–water partition coefficient (Wildman–Crippen LogP) is 3.44. The van der Waals surface area contributed by atoms with Crippen molar-refractivity contribution < 1.29 is 0 Å². The van der Waals surface area contributed by atoms with Crippen LogP contribution in [0.5, 0.6) is 0 Å². The third-order valence-corrected chi connectivity index (χ3v) is 3.45. The van der Waals surface area contributed by atoms with E-state index in [0.717, 1.165) is 24.0 Å². The zero-order chi connectivity index (χ0) is 10.7. The van der Waals surface area contributed by atoms with Crippen LogP contribution in [0.2, 0.25) is 5.02 Å². The summed E-state index contributed by atoms with van der Waals surface area (Å²) in [4.78, 5) is 0. The Hall–Kier alpha value is -0.530. The lowest BCUT2D eigenvalue weighted by molar-refractivity contribution is 0.546. The topological polar surface area (TPSA) is 12.0 Å². The molecule has 0 radical (unpaired) electrons. The Bertz CT molecular complexity index is 320. The zero-order valence-corrected chi connectivity index (χ0v) is 9.93. The van der Waals surface area contributed by atoms with Crippen molar-refractivity contribution in [2.45, 2.75) is 25.7 Å². The van der Waals surface area contributed by atoms with Crippen LogP contribution in [0, 0.1) is 5.92 Å². The summed E-state index contributed by atoms with van der Waals surface area (Å²) >= 11 is 6.24. The molecule has 1 aromatic rings. The van der Waals surface area contributed by atoms with Crippen LogP contribution in [0.3, 0.4) is 0 Å². The molecule has 0 saturated heterocycles. The maximum absolute atomic E-state index is 6.24. The molecule has 0 aromatic heterocycles. The van der Waals surface area contributed by atoms with Crippen molar-refractivity contribution in [2.75, 3.05) is 13.1 Å². The lowest BCUT2D eigenvalue weighted by Gasteiger charge is -2.18. The number of rotatable bonds is 5. The van der Waals surface area contributed by atoms with Gasteiger partial charge in [0.1, 0.15) is 0 Å². The highest BCUT2D eigenvalue weighted by Crippen LogP contribution is 2.43. The molecule has 1 nitrogen and oxygen atoms in total. The molecule has 2 heteroatoms. The summed E-state index contributed by atoms with van der Waals surface area (Å²) in [5.74, 6) is 1.46. The Labute approximate surface area is 96.8 Å². The lowest BCUT2D eigenvalue weighted by Crippen LogP contribution is -2.22. The second kappa shape index (κ2) is 5.00. The fraction of sp³-hybridized carbons (Fsp3) is 0.538. The number of hydrogen-bond donors (Lipinski definition) is 1. The number of benzene rings is 1. The number of hydrogen-bond acceptors (Lipinski definition) is 1. The van der Waals surface area contributed by atoms with E-state index in [2.05, 4.69) is 24.4 Å². The molecular formula is C13H18ClN. The number of likely N-dealkylation sites (N-methyl/N-ethyl adjacent to an activating group) is 1. The highest BCUT2D eigenvalue weighted by atomic mass is 35.5. The monoisotopic (exact) mass is 223 g/mol. The molecule has 0 heterocycles. The van der Waals surface area contributed by atoms with Gasteiger partial charge in [0.05, 0.1) is 0 Å². The van der Waals surface area contributed by atoms with E-state index >= 15 is 0 Å². The van der Waals surface area contributed by atoms with E-state index in [0.29, 0.717) is 5.92 Å². The summed E-state index contributed by atoms with van der Waals surface area (Å²) in [6.45, 7) is 4.25. The fourth-order valence-electron chi connectivity index (χ4n) is 2.10. The Kier molecular flexibility index (Phi) is 3.66. The average Bonchev–Trinajstić information content (AvgIpc) is 3.05. The summed E-state index contributed by atoms with van der Waals surface area (Å²) in [7, 11) is 0. The van der Waals surface area contributed by atoms with Crippen LogP contribution in [0.25, 0.3) is 0 Å². The van der Waals surface area contributed by atoms with Crippen molar-refractivity contribution >= 4 is 11.6 Å². The fourth-order valence-corrected chi connectivity index (χ4v) is 2.38. The highest BCUT2D eigenvalue weighted by Gasteiger charge is 2.32. The smallest absolute Gasteiger partial charge is 0.0441 e. The van der Waals surface area contributed by atoms with E-state index in [1.165, 1.54) is 18.4 Å². The zero-order valence-electron chi connectivity index (χ0n) is 9.17. The lowest BCUT2D eigenvalue weighted by atomic mass is 9.94. The molecule has 2 rings (SSSR count). The van der Waals surface area contributed by atoms with Crippen LogP contribution in [-0.4, -0.2) is 13.1 Å². The van der Waals surface area contributed by atoms with Gasteiger partial charge in [-0.15, -0.1) is 0 Å². The number of halogens is 1. The van der Waals surface area contributed by atoms with Gasteiger partial charge in [0.15, 0.2) is 0 Å². The van der Waals surface area contributed by atoms with Gasteiger partial charge < -0.3 is 5.32 Å². The quantitative estimate of drug-likeness (QED) is 0.807. The molecule has 1 atom stereocenters. The summed E-state index contributed by atoms with van der Waals surface area (Å²) < 4.78 is 0. The maximum Gasteiger partial charge on any atom is 0.0441 e. The first-order valence-corrected chi connectivity index (χ1v) is 6.16. The van der Waals surface area contributed by atoms with Gasteiger partial charge >= 0.3 is 0 Å². The molecule has 0 amide bonds. The molecule has 15 heavy (non-hydrogen) atoms. The number of nitrogens with one attached hydrogen (secondary N) is 1. The molecular weight excluding hydrogens is 206 g/mol. The van der Waals surface area contributed by atoms with Gasteiger partial charge in [-0.3, -0.25) is 0 Å². The van der Waals surface area contributed by atoms with Crippen molar-refractivity contribution in [2.24, 2.45) is 5.92 Å². The van der Waals surface area contributed by atoms with Crippen LogP contribution < -0.4 is 5.32 Å². The Balaban J connectivity index is 2.13. The van der Waals surface area contributed by atoms with Crippen molar-refractivity contribution in [3.63, 3.8) is 0 Å². The summed E-state index contributed by atoms with van der Waals surface area (Å²) in [6.07, 6.45) is 2.72. The molecule has 1 aliphatic rings. The minimum Gasteiger partial charge on any atom is -0.316 e. The minimum atomic E-state index is 0.610. The van der Waals surface area contributed by atoms with Gasteiger partial charge in [-0.1, -0.05) is 36.7 Å². The van der Waals surface area contributed by atoms with E-state index < -0.39 is 0 Å². The van der Waals surface area contributed by atoms with E-state index in [-0.39, 0.29) is 0 Å². The van der Waals surface area contributed by atoms with Crippen LogP contribution in [-0.2, 0) is 0 Å². The summed E-state index contributed by atoms with van der Waals surface area (Å²) in [5.41, 5.74) is 1.32. The summed E-state index contributed by atoms with van der Waals surface area (Å²) in [6, 6.07) is 8.26. The Morgan fingerprint density at radius 2 is 2.13 bits per heavy atom. The summed E-state index contributed by atoms with van der Waals surface area (Å²) in [5, 5.41) is 4.36. The molecule has 1 aliphatic carbocycles. The first-order chi connectivity index (χ1) is 7.33. The molecule has 0 aliphatic heterocycles. The molecule has 1 aromatic carbocycles. The molecule has 1 unspecified atom stereocenters. The molecule has 0 spiro atoms.